The van der Waals surface area contributed by atoms with Gasteiger partial charge in [-0.1, -0.05) is 36.4 Å². The van der Waals surface area contributed by atoms with Crippen molar-refractivity contribution >= 4 is 0 Å². The van der Waals surface area contributed by atoms with Gasteiger partial charge >= 0.3 is 0 Å². The smallest absolute Gasteiger partial charge is 0.273 e. The molecule has 4 heteroatoms. The molecule has 1 N–H and O–H groups in total. The van der Waals surface area contributed by atoms with Gasteiger partial charge in [-0.3, -0.25) is 0 Å². The minimum absolute atomic E-state index is 0.0635. The van der Waals surface area contributed by atoms with Gasteiger partial charge in [-0.15, -0.1) is 0 Å². The average Bonchev–Trinajstić information content (AvgIpc) is 2.39. The summed E-state index contributed by atoms with van der Waals surface area (Å²) in [6.07, 6.45) is -5.41. The van der Waals surface area contributed by atoms with Crippen LogP contribution in [0.5, 0.6) is 5.75 Å². The summed E-state index contributed by atoms with van der Waals surface area (Å²) in [6, 6.07) is 12.4. The van der Waals surface area contributed by atoms with Gasteiger partial charge < -0.3 is 5.11 Å². The van der Waals surface area contributed by atoms with Gasteiger partial charge in [0.05, 0.1) is 0 Å². The first-order valence-corrected chi connectivity index (χ1v) is 5.40. The Labute approximate surface area is 103 Å². The van der Waals surface area contributed by atoms with Crippen molar-refractivity contribution in [3.63, 3.8) is 0 Å². The van der Waals surface area contributed by atoms with Crippen LogP contribution < -0.4 is 0 Å². The van der Waals surface area contributed by atoms with E-state index >= 15 is 0 Å². The monoisotopic (exact) mass is 252 g/mol. The Bertz CT molecular complexity index is 526. The Kier molecular flexibility index (Phi) is 3.55. The summed E-state index contributed by atoms with van der Waals surface area (Å²) < 4.78 is 37.9. The van der Waals surface area contributed by atoms with E-state index in [4.69, 9.17) is 0 Å². The van der Waals surface area contributed by atoms with Crippen molar-refractivity contribution in [1.82, 2.24) is 0 Å². The van der Waals surface area contributed by atoms with Crippen molar-refractivity contribution in [2.75, 3.05) is 0 Å². The summed E-state index contributed by atoms with van der Waals surface area (Å²) in [5.74, 6) is -0.0635. The molecule has 0 bridgehead atoms. The molecule has 0 spiro atoms. The van der Waals surface area contributed by atoms with Crippen LogP contribution in [0.4, 0.5) is 13.2 Å². The third kappa shape index (κ3) is 2.47. The average molecular weight is 252 g/mol. The number of rotatable bonds is 3. The zero-order valence-corrected chi connectivity index (χ0v) is 9.35. The first kappa shape index (κ1) is 12.5. The highest BCUT2D eigenvalue weighted by molar-refractivity contribution is 5.70. The Hall–Kier alpha value is -1.97. The molecule has 0 radical (unpaired) electrons. The predicted octanol–water partition coefficient (Wildman–Crippen LogP) is 4.33. The predicted molar refractivity (Wildman–Crippen MR) is 63.4 cm³/mol. The highest BCUT2D eigenvalue weighted by Crippen LogP contribution is 2.34. The van der Waals surface area contributed by atoms with E-state index in [0.717, 1.165) is 0 Å². The lowest BCUT2D eigenvalue weighted by Crippen LogP contribution is -2.03. The fourth-order valence-electron chi connectivity index (χ4n) is 1.72. The fourth-order valence-corrected chi connectivity index (χ4v) is 1.72. The van der Waals surface area contributed by atoms with Crippen LogP contribution in [0, 0.1) is 0 Å². The van der Waals surface area contributed by atoms with Gasteiger partial charge in [-0.25, -0.2) is 13.2 Å². The molecule has 0 aliphatic rings. The zero-order chi connectivity index (χ0) is 13.1. The largest absolute Gasteiger partial charge is 0.507 e. The maximum atomic E-state index is 13.3. The molecule has 0 fully saturated rings. The van der Waals surface area contributed by atoms with Crippen molar-refractivity contribution in [2.24, 2.45) is 0 Å². The molecule has 0 amide bonds. The molecule has 1 unspecified atom stereocenters. The van der Waals surface area contributed by atoms with Crippen molar-refractivity contribution in [2.45, 2.75) is 12.6 Å². The lowest BCUT2D eigenvalue weighted by Gasteiger charge is -2.11. The van der Waals surface area contributed by atoms with Crippen LogP contribution in [0.2, 0.25) is 0 Å². The number of phenolic OH excluding ortho intramolecular Hbond substituents is 1. The summed E-state index contributed by atoms with van der Waals surface area (Å²) in [6.45, 7) is 0. The summed E-state index contributed by atoms with van der Waals surface area (Å²) in [5.41, 5.74) is 0.858. The number of aromatic hydroxyl groups is 1. The minimum atomic E-state index is -3.07. The SMILES string of the molecule is Oc1ccc(C(F)C(F)F)cc1-c1ccccc1. The highest BCUT2D eigenvalue weighted by Gasteiger charge is 2.22. The Morgan fingerprint density at radius 3 is 2.17 bits per heavy atom. The van der Waals surface area contributed by atoms with E-state index in [2.05, 4.69) is 0 Å². The van der Waals surface area contributed by atoms with Crippen molar-refractivity contribution in [3.8, 4) is 16.9 Å². The second-order valence-electron chi connectivity index (χ2n) is 3.88. The molecule has 0 saturated carbocycles. The lowest BCUT2D eigenvalue weighted by molar-refractivity contribution is 0.0496. The van der Waals surface area contributed by atoms with Crippen LogP contribution in [0.3, 0.4) is 0 Å². The van der Waals surface area contributed by atoms with Gasteiger partial charge in [-0.05, 0) is 23.3 Å². The van der Waals surface area contributed by atoms with Gasteiger partial charge in [0.15, 0.2) is 6.17 Å². The van der Waals surface area contributed by atoms with Crippen LogP contribution in [0.25, 0.3) is 11.1 Å². The molecule has 1 atom stereocenters. The first-order valence-electron chi connectivity index (χ1n) is 5.40. The summed E-state index contributed by atoms with van der Waals surface area (Å²) >= 11 is 0. The standard InChI is InChI=1S/C14H11F3O/c15-13(14(16)17)10-6-7-12(18)11(8-10)9-4-2-1-3-5-9/h1-8,13-14,18H. The molecule has 2 rings (SSSR count). The summed E-state index contributed by atoms with van der Waals surface area (Å²) in [7, 11) is 0. The molecular weight excluding hydrogens is 241 g/mol. The highest BCUT2D eigenvalue weighted by atomic mass is 19.3. The van der Waals surface area contributed by atoms with Crippen LogP contribution in [-0.4, -0.2) is 11.5 Å². The van der Waals surface area contributed by atoms with E-state index in [-0.39, 0.29) is 11.3 Å². The summed E-state index contributed by atoms with van der Waals surface area (Å²) in [4.78, 5) is 0. The van der Waals surface area contributed by atoms with E-state index in [1.165, 1.54) is 18.2 Å². The quantitative estimate of drug-likeness (QED) is 0.861. The molecule has 94 valence electrons. The van der Waals surface area contributed by atoms with Gasteiger partial charge in [0.1, 0.15) is 5.75 Å². The van der Waals surface area contributed by atoms with E-state index in [9.17, 15) is 18.3 Å². The van der Waals surface area contributed by atoms with Crippen LogP contribution >= 0.6 is 0 Å². The first-order chi connectivity index (χ1) is 8.59. The second-order valence-corrected chi connectivity index (χ2v) is 3.88. The van der Waals surface area contributed by atoms with E-state index in [0.29, 0.717) is 11.1 Å². The van der Waals surface area contributed by atoms with Crippen molar-refractivity contribution in [3.05, 3.63) is 54.1 Å². The molecule has 2 aromatic carbocycles. The normalized spacial score (nSPS) is 12.7. The number of hydrogen-bond donors (Lipinski definition) is 1. The molecule has 0 saturated heterocycles. The van der Waals surface area contributed by atoms with Gasteiger partial charge in [0.2, 0.25) is 0 Å². The number of benzene rings is 2. The van der Waals surface area contributed by atoms with E-state index in [1.54, 1.807) is 30.3 Å². The van der Waals surface area contributed by atoms with Crippen LogP contribution in [0.15, 0.2) is 48.5 Å². The Morgan fingerprint density at radius 1 is 0.889 bits per heavy atom. The fraction of sp³-hybridized carbons (Fsp3) is 0.143. The third-order valence-corrected chi connectivity index (χ3v) is 2.65. The second kappa shape index (κ2) is 5.12. The van der Waals surface area contributed by atoms with Gasteiger partial charge in [0.25, 0.3) is 6.43 Å². The van der Waals surface area contributed by atoms with Crippen molar-refractivity contribution in [1.29, 1.82) is 0 Å². The maximum Gasteiger partial charge on any atom is 0.273 e. The van der Waals surface area contributed by atoms with E-state index < -0.39 is 12.6 Å². The number of phenols is 1. The lowest BCUT2D eigenvalue weighted by atomic mass is 10.00. The maximum absolute atomic E-state index is 13.3. The molecule has 1 nitrogen and oxygen atoms in total. The molecule has 2 aromatic rings. The molecule has 0 aromatic heterocycles. The third-order valence-electron chi connectivity index (χ3n) is 2.65. The topological polar surface area (TPSA) is 20.2 Å². The molecular formula is C14H11F3O. The molecule has 0 heterocycles. The summed E-state index contributed by atoms with van der Waals surface area (Å²) in [5, 5.41) is 9.70. The van der Waals surface area contributed by atoms with Crippen LogP contribution in [-0.2, 0) is 0 Å². The number of hydrogen-bond acceptors (Lipinski definition) is 1. The molecule has 0 aliphatic carbocycles. The molecule has 18 heavy (non-hydrogen) atoms. The number of halogens is 3. The Balaban J connectivity index is 2.45. The zero-order valence-electron chi connectivity index (χ0n) is 9.35. The minimum Gasteiger partial charge on any atom is -0.507 e. The number of alkyl halides is 3. The van der Waals surface area contributed by atoms with Gasteiger partial charge in [0, 0.05) is 5.56 Å². The van der Waals surface area contributed by atoms with Crippen molar-refractivity contribution < 1.29 is 18.3 Å². The Morgan fingerprint density at radius 2 is 1.56 bits per heavy atom. The van der Waals surface area contributed by atoms with Gasteiger partial charge in [-0.2, -0.15) is 0 Å². The van der Waals surface area contributed by atoms with E-state index in [1.807, 2.05) is 0 Å². The van der Waals surface area contributed by atoms with Crippen LogP contribution in [0.1, 0.15) is 11.7 Å². The molecule has 0 aliphatic heterocycles.